The number of nitrogens with zero attached hydrogens (tertiary/aromatic N) is 1. The molecule has 0 aliphatic heterocycles. The van der Waals surface area contributed by atoms with Crippen molar-refractivity contribution in [1.29, 1.82) is 0 Å². The molecule has 0 radical (unpaired) electrons. The van der Waals surface area contributed by atoms with E-state index in [9.17, 15) is 9.59 Å². The number of methoxy groups -OCH3 is 1. The Morgan fingerprint density at radius 2 is 1.92 bits per heavy atom. The molecule has 0 fully saturated rings. The molecule has 1 N–H and O–H groups in total. The van der Waals surface area contributed by atoms with Crippen molar-refractivity contribution in [3.63, 3.8) is 0 Å². The SMILES string of the molecule is COCCOc1ccc(Br)cc1C(=O)Nc1cccc(N(C)C(C)=O)c1. The molecule has 0 aliphatic rings. The van der Waals surface area contributed by atoms with Crippen LogP contribution in [0.1, 0.15) is 17.3 Å². The Balaban J connectivity index is 2.20. The van der Waals surface area contributed by atoms with Crippen LogP contribution in [0.15, 0.2) is 46.9 Å². The summed E-state index contributed by atoms with van der Waals surface area (Å²) in [6.45, 7) is 2.25. The van der Waals surface area contributed by atoms with Crippen LogP contribution in [0.2, 0.25) is 0 Å². The van der Waals surface area contributed by atoms with Crippen LogP contribution in [-0.2, 0) is 9.53 Å². The molecule has 0 saturated carbocycles. The fraction of sp³-hybridized carbons (Fsp3) is 0.263. The average molecular weight is 421 g/mol. The topological polar surface area (TPSA) is 67.9 Å². The van der Waals surface area contributed by atoms with Gasteiger partial charge < -0.3 is 19.7 Å². The lowest BCUT2D eigenvalue weighted by Crippen LogP contribution is -2.23. The Bertz CT molecular complexity index is 795. The molecule has 26 heavy (non-hydrogen) atoms. The average Bonchev–Trinajstić information content (AvgIpc) is 2.62. The lowest BCUT2D eigenvalue weighted by Gasteiger charge is -2.16. The van der Waals surface area contributed by atoms with Crippen molar-refractivity contribution < 1.29 is 19.1 Å². The van der Waals surface area contributed by atoms with E-state index in [2.05, 4.69) is 21.2 Å². The van der Waals surface area contributed by atoms with E-state index in [1.165, 1.54) is 11.8 Å². The van der Waals surface area contributed by atoms with Crippen molar-refractivity contribution in [3.8, 4) is 5.75 Å². The molecule has 138 valence electrons. The van der Waals surface area contributed by atoms with Gasteiger partial charge in [-0.25, -0.2) is 0 Å². The summed E-state index contributed by atoms with van der Waals surface area (Å²) in [5.41, 5.74) is 1.69. The van der Waals surface area contributed by atoms with E-state index in [4.69, 9.17) is 9.47 Å². The van der Waals surface area contributed by atoms with E-state index in [1.807, 2.05) is 0 Å². The van der Waals surface area contributed by atoms with Crippen molar-refractivity contribution in [2.75, 3.05) is 37.6 Å². The normalized spacial score (nSPS) is 10.3. The number of benzene rings is 2. The van der Waals surface area contributed by atoms with Crippen LogP contribution in [0.3, 0.4) is 0 Å². The fourth-order valence-electron chi connectivity index (χ4n) is 2.21. The molecule has 7 heteroatoms. The Hall–Kier alpha value is -2.38. The Morgan fingerprint density at radius 3 is 2.62 bits per heavy atom. The van der Waals surface area contributed by atoms with Gasteiger partial charge in [-0.3, -0.25) is 9.59 Å². The molecule has 0 atom stereocenters. The van der Waals surface area contributed by atoms with Crippen LogP contribution >= 0.6 is 15.9 Å². The molecule has 0 unspecified atom stereocenters. The number of carbonyl (C=O) groups is 2. The van der Waals surface area contributed by atoms with Crippen molar-refractivity contribution >= 4 is 39.1 Å². The summed E-state index contributed by atoms with van der Waals surface area (Å²) in [5.74, 6) is 0.0791. The summed E-state index contributed by atoms with van der Waals surface area (Å²) in [5, 5.41) is 2.84. The number of hydrogen-bond donors (Lipinski definition) is 1. The molecule has 0 bridgehead atoms. The summed E-state index contributed by atoms with van der Waals surface area (Å²) >= 11 is 3.37. The molecule has 2 aromatic carbocycles. The first kappa shape index (κ1) is 19.9. The Morgan fingerprint density at radius 1 is 1.15 bits per heavy atom. The monoisotopic (exact) mass is 420 g/mol. The van der Waals surface area contributed by atoms with Crippen molar-refractivity contribution in [2.45, 2.75) is 6.92 Å². The fourth-order valence-corrected chi connectivity index (χ4v) is 2.57. The van der Waals surface area contributed by atoms with Crippen LogP contribution in [0.5, 0.6) is 5.75 Å². The van der Waals surface area contributed by atoms with Crippen LogP contribution in [0.25, 0.3) is 0 Å². The smallest absolute Gasteiger partial charge is 0.259 e. The number of anilines is 2. The summed E-state index contributed by atoms with van der Waals surface area (Å²) < 4.78 is 11.4. The molecule has 0 saturated heterocycles. The molecular weight excluding hydrogens is 400 g/mol. The first-order valence-corrected chi connectivity index (χ1v) is 8.78. The second-order valence-corrected chi connectivity index (χ2v) is 6.48. The zero-order valence-corrected chi connectivity index (χ0v) is 16.5. The van der Waals surface area contributed by atoms with Crippen LogP contribution < -0.4 is 15.0 Å². The van der Waals surface area contributed by atoms with E-state index in [1.54, 1.807) is 56.6 Å². The second-order valence-electron chi connectivity index (χ2n) is 5.56. The maximum Gasteiger partial charge on any atom is 0.259 e. The maximum absolute atomic E-state index is 12.7. The standard InChI is InChI=1S/C19H21BrN2O4/c1-13(23)22(2)16-6-4-5-15(12-16)21-19(24)17-11-14(20)7-8-18(17)26-10-9-25-3/h4-8,11-12H,9-10H2,1-3H3,(H,21,24). The van der Waals surface area contributed by atoms with E-state index in [0.29, 0.717) is 35.9 Å². The Labute approximate surface area is 161 Å². The Kier molecular flexibility index (Phi) is 7.17. The molecule has 2 rings (SSSR count). The molecule has 2 amide bonds. The van der Waals surface area contributed by atoms with Gasteiger partial charge in [0.2, 0.25) is 5.91 Å². The predicted molar refractivity (Wildman–Crippen MR) is 105 cm³/mol. The van der Waals surface area contributed by atoms with Crippen LogP contribution in [-0.4, -0.2) is 39.2 Å². The highest BCUT2D eigenvalue weighted by Gasteiger charge is 2.15. The summed E-state index contributed by atoms with van der Waals surface area (Å²) in [7, 11) is 3.27. The summed E-state index contributed by atoms with van der Waals surface area (Å²) in [6, 6.07) is 12.3. The highest BCUT2D eigenvalue weighted by molar-refractivity contribution is 9.10. The molecule has 6 nitrogen and oxygen atoms in total. The predicted octanol–water partition coefficient (Wildman–Crippen LogP) is 3.71. The van der Waals surface area contributed by atoms with Crippen LogP contribution in [0.4, 0.5) is 11.4 Å². The largest absolute Gasteiger partial charge is 0.490 e. The second kappa shape index (κ2) is 9.35. The van der Waals surface area contributed by atoms with E-state index < -0.39 is 0 Å². The molecule has 0 spiro atoms. The van der Waals surface area contributed by atoms with Gasteiger partial charge in [-0.15, -0.1) is 0 Å². The number of carbonyl (C=O) groups excluding carboxylic acids is 2. The minimum absolute atomic E-state index is 0.0886. The van der Waals surface area contributed by atoms with E-state index >= 15 is 0 Å². The molecule has 0 heterocycles. The number of hydrogen-bond acceptors (Lipinski definition) is 4. The molecular formula is C19H21BrN2O4. The van der Waals surface area contributed by atoms with E-state index in [0.717, 1.165) is 4.47 Å². The van der Waals surface area contributed by atoms with Gasteiger partial charge in [0.15, 0.2) is 0 Å². The van der Waals surface area contributed by atoms with Gasteiger partial charge in [-0.05, 0) is 36.4 Å². The molecule has 0 aliphatic carbocycles. The number of nitrogens with one attached hydrogen (secondary N) is 1. The van der Waals surface area contributed by atoms with Gasteiger partial charge in [-0.2, -0.15) is 0 Å². The van der Waals surface area contributed by atoms with Gasteiger partial charge in [0.05, 0.1) is 12.2 Å². The number of ether oxygens (including phenoxy) is 2. The summed E-state index contributed by atoms with van der Waals surface area (Å²) in [4.78, 5) is 25.7. The minimum atomic E-state index is -0.304. The molecule has 0 aromatic heterocycles. The van der Waals surface area contributed by atoms with Crippen molar-refractivity contribution in [2.24, 2.45) is 0 Å². The highest BCUT2D eigenvalue weighted by Crippen LogP contribution is 2.25. The van der Waals surface area contributed by atoms with E-state index in [-0.39, 0.29) is 11.8 Å². The number of rotatable bonds is 7. The third-order valence-electron chi connectivity index (χ3n) is 3.69. The minimum Gasteiger partial charge on any atom is -0.490 e. The van der Waals surface area contributed by atoms with Crippen LogP contribution in [0, 0.1) is 0 Å². The quantitative estimate of drug-likeness (QED) is 0.693. The first-order valence-electron chi connectivity index (χ1n) is 7.99. The number of amides is 2. The lowest BCUT2D eigenvalue weighted by molar-refractivity contribution is -0.116. The van der Waals surface area contributed by atoms with Crippen molar-refractivity contribution in [1.82, 2.24) is 0 Å². The zero-order chi connectivity index (χ0) is 19.1. The highest BCUT2D eigenvalue weighted by atomic mass is 79.9. The van der Waals surface area contributed by atoms with Gasteiger partial charge in [0.25, 0.3) is 5.91 Å². The third kappa shape index (κ3) is 5.31. The van der Waals surface area contributed by atoms with Gasteiger partial charge in [-0.1, -0.05) is 22.0 Å². The zero-order valence-electron chi connectivity index (χ0n) is 14.9. The molecule has 2 aromatic rings. The van der Waals surface area contributed by atoms with Crippen molar-refractivity contribution in [3.05, 3.63) is 52.5 Å². The lowest BCUT2D eigenvalue weighted by atomic mass is 10.1. The van der Waals surface area contributed by atoms with Gasteiger partial charge >= 0.3 is 0 Å². The third-order valence-corrected chi connectivity index (χ3v) is 4.19. The van der Waals surface area contributed by atoms with Gasteiger partial charge in [0.1, 0.15) is 12.4 Å². The summed E-state index contributed by atoms with van der Waals surface area (Å²) in [6.07, 6.45) is 0. The first-order chi connectivity index (χ1) is 12.4. The maximum atomic E-state index is 12.7. The van der Waals surface area contributed by atoms with Gasteiger partial charge in [0, 0.05) is 36.9 Å². The number of halogens is 1.